The monoisotopic (exact) mass is 253 g/mol. The van der Waals surface area contributed by atoms with Crippen LogP contribution in [0, 0.1) is 15.5 Å². The number of aromatic nitrogens is 2. The molecule has 18 heavy (non-hydrogen) atoms. The first-order valence-electron chi connectivity index (χ1n) is 5.91. The summed E-state index contributed by atoms with van der Waals surface area (Å²) in [5.41, 5.74) is 0.290. The second kappa shape index (κ2) is 4.88. The third kappa shape index (κ3) is 2.75. The average Bonchev–Trinajstić information content (AvgIpc) is 2.54. The van der Waals surface area contributed by atoms with Gasteiger partial charge in [-0.3, -0.25) is 19.6 Å². The van der Waals surface area contributed by atoms with E-state index < -0.39 is 10.3 Å². The molecule has 0 saturated carbocycles. The van der Waals surface area contributed by atoms with Crippen LogP contribution in [0.2, 0.25) is 0 Å². The Kier molecular flexibility index (Phi) is 3.88. The van der Waals surface area contributed by atoms with Crippen molar-refractivity contribution in [2.24, 2.45) is 12.5 Å². The zero-order chi connectivity index (χ0) is 14.1. The van der Waals surface area contributed by atoms with E-state index in [1.165, 1.54) is 4.68 Å². The molecule has 0 unspecified atom stereocenters. The van der Waals surface area contributed by atoms with E-state index in [0.717, 1.165) is 0 Å². The summed E-state index contributed by atoms with van der Waals surface area (Å²) in [5.74, 6) is -0.0312. The van der Waals surface area contributed by atoms with E-state index in [1.807, 2.05) is 6.92 Å². The first-order chi connectivity index (χ1) is 8.18. The molecule has 0 fully saturated rings. The predicted molar refractivity (Wildman–Crippen MR) is 67.4 cm³/mol. The maximum atomic E-state index is 12.0. The number of rotatable bonds is 4. The van der Waals surface area contributed by atoms with Crippen molar-refractivity contribution in [1.29, 1.82) is 0 Å². The molecule has 1 heterocycles. The number of nitro groups is 1. The van der Waals surface area contributed by atoms with Crippen LogP contribution >= 0.6 is 0 Å². The number of carbonyl (C=O) groups excluding carboxylic acids is 1. The second-order valence-electron chi connectivity index (χ2n) is 5.33. The molecule has 0 aliphatic carbocycles. The van der Waals surface area contributed by atoms with Crippen molar-refractivity contribution in [3.63, 3.8) is 0 Å². The Balaban J connectivity index is 3.20. The molecular formula is C12H19N3O3. The molecule has 0 atom stereocenters. The molecule has 0 aromatic carbocycles. The normalized spacial score (nSPS) is 11.6. The van der Waals surface area contributed by atoms with Gasteiger partial charge >= 0.3 is 5.69 Å². The van der Waals surface area contributed by atoms with Crippen LogP contribution in [0.15, 0.2) is 0 Å². The Morgan fingerprint density at radius 1 is 1.44 bits per heavy atom. The Bertz CT molecular complexity index is 483. The average molecular weight is 253 g/mol. The Hall–Kier alpha value is -1.72. The number of ketones is 1. The predicted octanol–water partition coefficient (Wildman–Crippen LogP) is 2.05. The lowest BCUT2D eigenvalue weighted by molar-refractivity contribution is -0.386. The van der Waals surface area contributed by atoms with Crippen LogP contribution in [0.1, 0.15) is 39.1 Å². The third-order valence-electron chi connectivity index (χ3n) is 2.89. The summed E-state index contributed by atoms with van der Waals surface area (Å²) in [4.78, 5) is 22.6. The summed E-state index contributed by atoms with van der Waals surface area (Å²) >= 11 is 0. The molecule has 1 rings (SSSR count). The van der Waals surface area contributed by atoms with Crippen molar-refractivity contribution in [2.75, 3.05) is 0 Å². The van der Waals surface area contributed by atoms with Crippen LogP contribution in [0.4, 0.5) is 5.69 Å². The summed E-state index contributed by atoms with van der Waals surface area (Å²) in [5, 5.41) is 15.2. The molecule has 6 heteroatoms. The molecule has 0 bridgehead atoms. The Labute approximate surface area is 106 Å². The minimum atomic E-state index is -0.509. The number of aryl methyl sites for hydroxylation is 2. The van der Waals surface area contributed by atoms with Gasteiger partial charge in [0.1, 0.15) is 17.2 Å². The van der Waals surface area contributed by atoms with Crippen molar-refractivity contribution in [3.05, 3.63) is 21.5 Å². The molecule has 0 aliphatic rings. The molecule has 1 aromatic rings. The summed E-state index contributed by atoms with van der Waals surface area (Å²) < 4.78 is 1.45. The van der Waals surface area contributed by atoms with Gasteiger partial charge in [0.2, 0.25) is 0 Å². The highest BCUT2D eigenvalue weighted by molar-refractivity contribution is 5.86. The van der Waals surface area contributed by atoms with Gasteiger partial charge in [0, 0.05) is 12.5 Å². The highest BCUT2D eigenvalue weighted by atomic mass is 16.6. The molecule has 6 nitrogen and oxygen atoms in total. The highest BCUT2D eigenvalue weighted by Crippen LogP contribution is 2.26. The van der Waals surface area contributed by atoms with Crippen LogP contribution in [0.25, 0.3) is 0 Å². The van der Waals surface area contributed by atoms with Crippen molar-refractivity contribution < 1.29 is 9.72 Å². The lowest BCUT2D eigenvalue weighted by atomic mass is 9.88. The number of hydrogen-bond donors (Lipinski definition) is 0. The molecule has 0 radical (unpaired) electrons. The Morgan fingerprint density at radius 3 is 2.39 bits per heavy atom. The van der Waals surface area contributed by atoms with Gasteiger partial charge in [-0.1, -0.05) is 27.7 Å². The van der Waals surface area contributed by atoms with Crippen molar-refractivity contribution >= 4 is 11.5 Å². The van der Waals surface area contributed by atoms with Crippen LogP contribution < -0.4 is 0 Å². The lowest BCUT2D eigenvalue weighted by Gasteiger charge is -2.16. The van der Waals surface area contributed by atoms with Crippen LogP contribution in [-0.2, 0) is 24.7 Å². The standard InChI is InChI=1S/C12H19N3O3/c1-6-8-11(15(17)18)9(14(5)13-8)7-10(16)12(2,3)4/h6-7H2,1-5H3. The summed E-state index contributed by atoms with van der Waals surface area (Å²) in [6, 6.07) is 0. The summed E-state index contributed by atoms with van der Waals surface area (Å²) in [6.07, 6.45) is 0.525. The van der Waals surface area contributed by atoms with E-state index in [-0.39, 0.29) is 17.9 Å². The van der Waals surface area contributed by atoms with E-state index >= 15 is 0 Å². The molecule has 0 amide bonds. The van der Waals surface area contributed by atoms with Gasteiger partial charge in [-0.25, -0.2) is 0 Å². The van der Waals surface area contributed by atoms with Crippen LogP contribution in [-0.4, -0.2) is 20.5 Å². The van der Waals surface area contributed by atoms with Gasteiger partial charge in [-0.15, -0.1) is 0 Å². The molecule has 0 saturated heterocycles. The van der Waals surface area contributed by atoms with Gasteiger partial charge in [-0.05, 0) is 6.42 Å². The zero-order valence-electron chi connectivity index (χ0n) is 11.5. The summed E-state index contributed by atoms with van der Waals surface area (Å²) in [7, 11) is 1.64. The highest BCUT2D eigenvalue weighted by Gasteiger charge is 2.30. The largest absolute Gasteiger partial charge is 0.313 e. The van der Waals surface area contributed by atoms with Gasteiger partial charge in [-0.2, -0.15) is 5.10 Å². The van der Waals surface area contributed by atoms with Gasteiger partial charge < -0.3 is 0 Å². The molecule has 1 aromatic heterocycles. The van der Waals surface area contributed by atoms with Crippen LogP contribution in [0.3, 0.4) is 0 Å². The quantitative estimate of drug-likeness (QED) is 0.607. The molecular weight excluding hydrogens is 234 g/mol. The second-order valence-corrected chi connectivity index (χ2v) is 5.33. The first-order valence-corrected chi connectivity index (χ1v) is 5.91. The SMILES string of the molecule is CCc1nn(C)c(CC(=O)C(C)(C)C)c1[N+](=O)[O-]. The van der Waals surface area contributed by atoms with E-state index in [2.05, 4.69) is 5.10 Å². The third-order valence-corrected chi connectivity index (χ3v) is 2.89. The van der Waals surface area contributed by atoms with Gasteiger partial charge in [0.15, 0.2) is 0 Å². The maximum absolute atomic E-state index is 12.0. The number of carbonyl (C=O) groups is 1. The van der Waals surface area contributed by atoms with Crippen molar-refractivity contribution in [3.8, 4) is 0 Å². The molecule has 0 spiro atoms. The minimum absolute atomic E-state index is 0.0161. The minimum Gasteiger partial charge on any atom is -0.299 e. The fourth-order valence-electron chi connectivity index (χ4n) is 1.67. The fourth-order valence-corrected chi connectivity index (χ4v) is 1.67. The first kappa shape index (κ1) is 14.3. The molecule has 0 aliphatic heterocycles. The molecule has 0 N–H and O–H groups in total. The lowest BCUT2D eigenvalue weighted by Crippen LogP contribution is -2.23. The van der Waals surface area contributed by atoms with Gasteiger partial charge in [0.05, 0.1) is 11.3 Å². The maximum Gasteiger partial charge on any atom is 0.313 e. The number of hydrogen-bond acceptors (Lipinski definition) is 4. The van der Waals surface area contributed by atoms with E-state index in [4.69, 9.17) is 0 Å². The zero-order valence-corrected chi connectivity index (χ0v) is 11.5. The number of Topliss-reactive ketones (excluding diaryl/α,β-unsaturated/α-hetero) is 1. The van der Waals surface area contributed by atoms with Crippen LogP contribution in [0.5, 0.6) is 0 Å². The van der Waals surface area contributed by atoms with Crippen molar-refractivity contribution in [1.82, 2.24) is 9.78 Å². The molecule has 100 valence electrons. The number of nitrogens with zero attached hydrogens (tertiary/aromatic N) is 3. The van der Waals surface area contributed by atoms with E-state index in [1.54, 1.807) is 27.8 Å². The van der Waals surface area contributed by atoms with Crippen molar-refractivity contribution in [2.45, 2.75) is 40.5 Å². The van der Waals surface area contributed by atoms with E-state index in [9.17, 15) is 14.9 Å². The fraction of sp³-hybridized carbons (Fsp3) is 0.667. The van der Waals surface area contributed by atoms with E-state index in [0.29, 0.717) is 17.8 Å². The smallest absolute Gasteiger partial charge is 0.299 e. The topological polar surface area (TPSA) is 78.0 Å². The Morgan fingerprint density at radius 2 is 2.00 bits per heavy atom. The van der Waals surface area contributed by atoms with Gasteiger partial charge in [0.25, 0.3) is 0 Å². The summed E-state index contributed by atoms with van der Waals surface area (Å²) in [6.45, 7) is 7.22.